The Hall–Kier alpha value is -4.82. The van der Waals surface area contributed by atoms with Gasteiger partial charge in [-0.2, -0.15) is 0 Å². The number of amides is 1. The molecule has 2 fully saturated rings. The van der Waals surface area contributed by atoms with Crippen LogP contribution in [0, 0.1) is 5.92 Å². The van der Waals surface area contributed by atoms with Crippen LogP contribution in [0.3, 0.4) is 0 Å². The predicted molar refractivity (Wildman–Crippen MR) is 196 cm³/mol. The first-order chi connectivity index (χ1) is 25.4. The van der Waals surface area contributed by atoms with E-state index in [4.69, 9.17) is 28.9 Å². The number of nitrogens with one attached hydrogen (secondary N) is 4. The number of methoxy groups -OCH3 is 3. The highest BCUT2D eigenvalue weighted by atomic mass is 16.5. The van der Waals surface area contributed by atoms with E-state index in [9.17, 15) is 9.59 Å². The number of nitrogens with zero attached hydrogens (tertiary/aromatic N) is 3. The van der Waals surface area contributed by atoms with Crippen molar-refractivity contribution in [3.05, 3.63) is 65.9 Å². The number of carbonyl (C=O) groups is 2. The standard InChI is InChI=1S/C39H45N7O6/c1-21-5-10-33(46(21)17-32(35(18-47)50-3)44-39(48)51-4)38-42-29-9-7-23-13-28-26-8-6-24(12-25(26)20-52-34(28)14-27(23)36(29)45-38)31-16-41-37(43-31)30-11-22(15-40-30)19-49-2/h6-9,12-14,16,18,21-22,30,32-33,35,40H,5,10-11,15,17,19-20H2,1-4H3,(H,41,43)(H,42,45)(H,44,48)/t21-,22-,30-,32-,33-,35-/m0/s1. The van der Waals surface area contributed by atoms with Gasteiger partial charge in [0.15, 0.2) is 6.29 Å². The average Bonchev–Trinajstić information content (AvgIpc) is 3.98. The van der Waals surface area contributed by atoms with E-state index >= 15 is 0 Å². The van der Waals surface area contributed by atoms with Crippen molar-refractivity contribution < 1.29 is 28.5 Å². The van der Waals surface area contributed by atoms with Gasteiger partial charge in [-0.05, 0) is 78.4 Å². The SMILES string of the molecule is COC[C@@H]1CN[C@H](c2ncc(-c3ccc4c(c3)COc3cc5c(ccc6[nH]c([C@@H]7CC[C@H](C)N7C[C@H](NC(=O)OC)[C@H](C=O)OC)nc65)cc3-4)[nH]2)C1. The van der Waals surface area contributed by atoms with Gasteiger partial charge >= 0.3 is 6.09 Å². The molecule has 13 nitrogen and oxygen atoms in total. The van der Waals surface area contributed by atoms with E-state index in [0.29, 0.717) is 25.4 Å². The lowest BCUT2D eigenvalue weighted by Crippen LogP contribution is -2.52. The maximum atomic E-state index is 12.2. The second-order valence-electron chi connectivity index (χ2n) is 14.2. The summed E-state index contributed by atoms with van der Waals surface area (Å²) in [5.74, 6) is 3.13. The third-order valence-corrected chi connectivity index (χ3v) is 11.1. The quantitative estimate of drug-likeness (QED) is 0.131. The largest absolute Gasteiger partial charge is 0.488 e. The lowest BCUT2D eigenvalue weighted by molar-refractivity contribution is -0.118. The molecular formula is C39H45N7O6. The zero-order chi connectivity index (χ0) is 35.9. The van der Waals surface area contributed by atoms with E-state index in [1.807, 2.05) is 6.20 Å². The van der Waals surface area contributed by atoms with Crippen LogP contribution in [0.2, 0.25) is 0 Å². The van der Waals surface area contributed by atoms with Gasteiger partial charge in [-0.25, -0.2) is 14.8 Å². The number of imidazole rings is 2. The molecular weight excluding hydrogens is 662 g/mol. The zero-order valence-electron chi connectivity index (χ0n) is 29.9. The van der Waals surface area contributed by atoms with Crippen LogP contribution in [-0.2, 0) is 25.6 Å². The minimum atomic E-state index is -0.817. The molecule has 3 aliphatic rings. The Bertz CT molecular complexity index is 2110. The van der Waals surface area contributed by atoms with Crippen LogP contribution in [0.4, 0.5) is 4.79 Å². The Morgan fingerprint density at radius 2 is 1.98 bits per heavy atom. The Morgan fingerprint density at radius 1 is 1.10 bits per heavy atom. The summed E-state index contributed by atoms with van der Waals surface area (Å²) < 4.78 is 22.0. The third-order valence-electron chi connectivity index (χ3n) is 11.1. The molecule has 0 aliphatic carbocycles. The van der Waals surface area contributed by atoms with E-state index in [2.05, 4.69) is 74.9 Å². The number of aromatic nitrogens is 4. The summed E-state index contributed by atoms with van der Waals surface area (Å²) >= 11 is 0. The first-order valence-corrected chi connectivity index (χ1v) is 18.0. The van der Waals surface area contributed by atoms with Crippen molar-refractivity contribution in [3.63, 3.8) is 0 Å². The van der Waals surface area contributed by atoms with Crippen molar-refractivity contribution in [1.29, 1.82) is 0 Å². The van der Waals surface area contributed by atoms with Crippen LogP contribution >= 0.6 is 0 Å². The van der Waals surface area contributed by atoms with Crippen LogP contribution in [-0.4, -0.2) is 96.4 Å². The Labute approximate surface area is 301 Å². The minimum Gasteiger partial charge on any atom is -0.488 e. The maximum Gasteiger partial charge on any atom is 0.407 e. The highest BCUT2D eigenvalue weighted by molar-refractivity contribution is 6.07. The van der Waals surface area contributed by atoms with Crippen LogP contribution in [0.15, 0.2) is 48.7 Å². The molecule has 4 N–H and O–H groups in total. The van der Waals surface area contributed by atoms with Crippen LogP contribution in [0.5, 0.6) is 5.75 Å². The molecule has 1 amide bonds. The molecule has 2 aromatic heterocycles. The summed E-state index contributed by atoms with van der Waals surface area (Å²) in [6.45, 7) is 4.70. The topological polar surface area (TPSA) is 156 Å². The zero-order valence-corrected chi connectivity index (χ0v) is 29.9. The number of rotatable bonds is 11. The predicted octanol–water partition coefficient (Wildman–Crippen LogP) is 5.43. The van der Waals surface area contributed by atoms with Crippen LogP contribution in [0.25, 0.3) is 44.2 Å². The van der Waals surface area contributed by atoms with E-state index < -0.39 is 18.2 Å². The van der Waals surface area contributed by atoms with Crippen molar-refractivity contribution in [2.45, 2.75) is 63.1 Å². The molecule has 8 rings (SSSR count). The van der Waals surface area contributed by atoms with Gasteiger partial charge in [0.05, 0.1) is 54.8 Å². The third kappa shape index (κ3) is 6.31. The normalized spacial score (nSPS) is 22.5. The number of alkyl carbamates (subject to hydrolysis) is 1. The molecule has 0 saturated carbocycles. The number of fused-ring (bicyclic) bond motifs is 6. The van der Waals surface area contributed by atoms with Crippen LogP contribution in [0.1, 0.15) is 55.5 Å². The lowest BCUT2D eigenvalue weighted by atomic mass is 9.92. The molecule has 6 atom stereocenters. The number of aromatic amines is 2. The number of likely N-dealkylation sites (tertiary alicyclic amines) is 1. The van der Waals surface area contributed by atoms with Gasteiger partial charge in [0, 0.05) is 44.3 Å². The highest BCUT2D eigenvalue weighted by Gasteiger charge is 2.38. The van der Waals surface area contributed by atoms with Gasteiger partial charge in [0.2, 0.25) is 0 Å². The van der Waals surface area contributed by atoms with Gasteiger partial charge in [-0.15, -0.1) is 0 Å². The van der Waals surface area contributed by atoms with Gasteiger partial charge in [0.1, 0.15) is 30.1 Å². The van der Waals surface area contributed by atoms with Gasteiger partial charge < -0.3 is 44.3 Å². The fraction of sp³-hybridized carbons (Fsp3) is 0.436. The van der Waals surface area contributed by atoms with Crippen molar-refractivity contribution in [3.8, 4) is 28.1 Å². The first-order valence-electron chi connectivity index (χ1n) is 18.0. The number of carbonyl (C=O) groups excluding carboxylic acids is 2. The van der Waals surface area contributed by atoms with Crippen molar-refractivity contribution >= 4 is 34.2 Å². The van der Waals surface area contributed by atoms with Crippen LogP contribution < -0.4 is 15.4 Å². The minimum absolute atomic E-state index is 0.0357. The second kappa shape index (κ2) is 14.3. The summed E-state index contributed by atoms with van der Waals surface area (Å²) in [5, 5.41) is 8.44. The molecule has 5 heterocycles. The van der Waals surface area contributed by atoms with E-state index in [1.54, 1.807) is 7.11 Å². The molecule has 3 aliphatic heterocycles. The fourth-order valence-corrected chi connectivity index (χ4v) is 8.29. The maximum absolute atomic E-state index is 12.2. The summed E-state index contributed by atoms with van der Waals surface area (Å²) in [6, 6.07) is 14.8. The number of hydrogen-bond acceptors (Lipinski definition) is 10. The van der Waals surface area contributed by atoms with Gasteiger partial charge in [0.25, 0.3) is 0 Å². The molecule has 0 bridgehead atoms. The number of aldehydes is 1. The highest BCUT2D eigenvalue weighted by Crippen LogP contribution is 2.43. The second-order valence-corrected chi connectivity index (χ2v) is 14.2. The Balaban J connectivity index is 1.06. The van der Waals surface area contributed by atoms with Crippen molar-refractivity contribution in [2.75, 3.05) is 41.0 Å². The molecule has 13 heteroatoms. The number of H-pyrrole nitrogens is 2. The monoisotopic (exact) mass is 707 g/mol. The summed E-state index contributed by atoms with van der Waals surface area (Å²) in [5.41, 5.74) is 7.23. The molecule has 0 unspecified atom stereocenters. The first kappa shape index (κ1) is 34.3. The van der Waals surface area contributed by atoms with E-state index in [0.717, 1.165) is 99.6 Å². The molecule has 52 heavy (non-hydrogen) atoms. The van der Waals surface area contributed by atoms with E-state index in [-0.39, 0.29) is 18.1 Å². The molecule has 0 spiro atoms. The van der Waals surface area contributed by atoms with Crippen molar-refractivity contribution in [2.24, 2.45) is 5.92 Å². The summed E-state index contributed by atoms with van der Waals surface area (Å²) in [7, 11) is 4.51. The van der Waals surface area contributed by atoms with Crippen molar-refractivity contribution in [1.82, 2.24) is 35.5 Å². The summed E-state index contributed by atoms with van der Waals surface area (Å²) in [6.07, 6.45) is 4.04. The molecule has 2 saturated heterocycles. The van der Waals surface area contributed by atoms with Gasteiger partial charge in [-0.1, -0.05) is 18.2 Å². The Kier molecular flexibility index (Phi) is 9.43. The average molecular weight is 708 g/mol. The lowest BCUT2D eigenvalue weighted by Gasteiger charge is -2.33. The fourth-order valence-electron chi connectivity index (χ4n) is 8.29. The number of hydrogen-bond donors (Lipinski definition) is 4. The smallest absolute Gasteiger partial charge is 0.407 e. The van der Waals surface area contributed by atoms with E-state index in [1.165, 1.54) is 14.2 Å². The molecule has 0 radical (unpaired) electrons. The van der Waals surface area contributed by atoms with Gasteiger partial charge in [-0.3, -0.25) is 4.90 Å². The summed E-state index contributed by atoms with van der Waals surface area (Å²) in [4.78, 5) is 43.3. The number of ether oxygens (including phenoxy) is 4. The molecule has 272 valence electrons. The molecule has 3 aromatic carbocycles. The number of benzene rings is 3. The Morgan fingerprint density at radius 3 is 2.79 bits per heavy atom. The molecule has 5 aromatic rings.